The third-order valence-corrected chi connectivity index (χ3v) is 3.13. The van der Waals surface area contributed by atoms with Crippen LogP contribution < -0.4 is 11.5 Å². The molecule has 84 valence electrons. The Balaban J connectivity index is 3.00. The number of benzene rings is 1. The first-order valence-corrected chi connectivity index (χ1v) is 5.51. The maximum Gasteiger partial charge on any atom is 0.0312 e. The minimum Gasteiger partial charge on any atom is -0.328 e. The van der Waals surface area contributed by atoms with Crippen molar-refractivity contribution in [3.05, 3.63) is 34.4 Å². The molecule has 4 N–H and O–H groups in total. The summed E-state index contributed by atoms with van der Waals surface area (Å²) in [5.74, 6) is 0. The third kappa shape index (κ3) is 2.80. The van der Waals surface area contributed by atoms with E-state index in [4.69, 9.17) is 11.5 Å². The molecule has 15 heavy (non-hydrogen) atoms. The molecule has 2 nitrogen and oxygen atoms in total. The van der Waals surface area contributed by atoms with Gasteiger partial charge in [0.2, 0.25) is 0 Å². The lowest BCUT2D eigenvalue weighted by Gasteiger charge is -2.19. The Morgan fingerprint density at radius 2 is 1.67 bits per heavy atom. The van der Waals surface area contributed by atoms with Crippen molar-refractivity contribution in [2.45, 2.75) is 46.2 Å². The summed E-state index contributed by atoms with van der Waals surface area (Å²) in [6.45, 7) is 8.41. The minimum absolute atomic E-state index is 0.0595. The van der Waals surface area contributed by atoms with Crippen LogP contribution in [0.4, 0.5) is 0 Å². The number of hydrogen-bond donors (Lipinski definition) is 2. The summed E-state index contributed by atoms with van der Waals surface area (Å²) in [5.41, 5.74) is 17.1. The van der Waals surface area contributed by atoms with Crippen molar-refractivity contribution in [3.63, 3.8) is 0 Å². The summed E-state index contributed by atoms with van der Waals surface area (Å²) in [6, 6.07) is 4.48. The summed E-state index contributed by atoms with van der Waals surface area (Å²) in [5, 5.41) is 0. The number of aryl methyl sites for hydroxylation is 1. The number of hydrogen-bond acceptors (Lipinski definition) is 2. The van der Waals surface area contributed by atoms with Gasteiger partial charge < -0.3 is 11.5 Å². The molecule has 1 rings (SSSR count). The first-order chi connectivity index (χ1) is 6.93. The smallest absolute Gasteiger partial charge is 0.0312 e. The predicted octanol–water partition coefficient (Wildman–Crippen LogP) is 2.35. The molecule has 0 radical (unpaired) electrons. The maximum absolute atomic E-state index is 6.14. The molecule has 2 atom stereocenters. The topological polar surface area (TPSA) is 52.0 Å². The lowest BCUT2D eigenvalue weighted by molar-refractivity contribution is 0.566. The zero-order valence-electron chi connectivity index (χ0n) is 10.2. The Morgan fingerprint density at radius 1 is 1.07 bits per heavy atom. The van der Waals surface area contributed by atoms with Crippen LogP contribution in [0, 0.1) is 20.8 Å². The van der Waals surface area contributed by atoms with Crippen molar-refractivity contribution in [1.29, 1.82) is 0 Å². The molecule has 0 fully saturated rings. The highest BCUT2D eigenvalue weighted by Gasteiger charge is 2.12. The number of nitrogens with two attached hydrogens (primary N) is 2. The average molecular weight is 206 g/mol. The number of rotatable bonds is 3. The van der Waals surface area contributed by atoms with Crippen molar-refractivity contribution in [2.24, 2.45) is 11.5 Å². The molecule has 0 saturated heterocycles. The Labute approximate surface area is 92.7 Å². The van der Waals surface area contributed by atoms with Gasteiger partial charge in [0.15, 0.2) is 0 Å². The molecule has 0 heterocycles. The van der Waals surface area contributed by atoms with Gasteiger partial charge in [-0.15, -0.1) is 0 Å². The fraction of sp³-hybridized carbons (Fsp3) is 0.538. The van der Waals surface area contributed by atoms with Gasteiger partial charge in [0.25, 0.3) is 0 Å². The normalized spacial score (nSPS) is 15.1. The fourth-order valence-corrected chi connectivity index (χ4v) is 1.91. The molecule has 0 aliphatic rings. The second kappa shape index (κ2) is 4.77. The van der Waals surface area contributed by atoms with Gasteiger partial charge in [-0.2, -0.15) is 0 Å². The first-order valence-electron chi connectivity index (χ1n) is 5.51. The molecule has 0 bridgehead atoms. The van der Waals surface area contributed by atoms with Crippen LogP contribution in [0.5, 0.6) is 0 Å². The minimum atomic E-state index is 0.0595. The molecule has 1 aromatic rings. The second-order valence-corrected chi connectivity index (χ2v) is 4.54. The lowest BCUT2D eigenvalue weighted by atomic mass is 9.92. The van der Waals surface area contributed by atoms with E-state index in [9.17, 15) is 0 Å². The molecule has 0 amide bonds. The van der Waals surface area contributed by atoms with E-state index in [0.29, 0.717) is 0 Å². The molecular formula is C13H22N2. The fourth-order valence-electron chi connectivity index (χ4n) is 1.91. The molecule has 0 aromatic heterocycles. The molecule has 0 saturated carbocycles. The Bertz CT molecular complexity index is 343. The summed E-state index contributed by atoms with van der Waals surface area (Å²) in [6.07, 6.45) is 0.837. The van der Waals surface area contributed by atoms with E-state index in [2.05, 4.69) is 32.9 Å². The molecule has 2 heteroatoms. The zero-order chi connectivity index (χ0) is 11.6. The highest BCUT2D eigenvalue weighted by atomic mass is 14.7. The van der Waals surface area contributed by atoms with Gasteiger partial charge in [-0.25, -0.2) is 0 Å². The largest absolute Gasteiger partial charge is 0.328 e. The van der Waals surface area contributed by atoms with E-state index in [1.807, 2.05) is 6.92 Å². The summed E-state index contributed by atoms with van der Waals surface area (Å²) < 4.78 is 0. The van der Waals surface area contributed by atoms with Crippen LogP contribution >= 0.6 is 0 Å². The zero-order valence-corrected chi connectivity index (χ0v) is 10.2. The van der Waals surface area contributed by atoms with E-state index in [1.165, 1.54) is 22.3 Å². The predicted molar refractivity (Wildman–Crippen MR) is 65.8 cm³/mol. The molecule has 2 unspecified atom stereocenters. The molecule has 1 aromatic carbocycles. The van der Waals surface area contributed by atoms with Crippen LogP contribution in [0.2, 0.25) is 0 Å². The summed E-state index contributed by atoms with van der Waals surface area (Å²) in [7, 11) is 0. The summed E-state index contributed by atoms with van der Waals surface area (Å²) >= 11 is 0. The Hall–Kier alpha value is -0.860. The molecule has 0 aliphatic carbocycles. The quantitative estimate of drug-likeness (QED) is 0.797. The second-order valence-electron chi connectivity index (χ2n) is 4.54. The monoisotopic (exact) mass is 206 g/mol. The van der Waals surface area contributed by atoms with Gasteiger partial charge in [0.05, 0.1) is 0 Å². The van der Waals surface area contributed by atoms with Crippen molar-refractivity contribution in [2.75, 3.05) is 0 Å². The van der Waals surface area contributed by atoms with Crippen LogP contribution in [0.15, 0.2) is 12.1 Å². The first kappa shape index (κ1) is 12.2. The van der Waals surface area contributed by atoms with E-state index < -0.39 is 0 Å². The van der Waals surface area contributed by atoms with Gasteiger partial charge in [-0.05, 0) is 56.4 Å². The Morgan fingerprint density at radius 3 is 2.20 bits per heavy atom. The van der Waals surface area contributed by atoms with Gasteiger partial charge in [0.1, 0.15) is 0 Å². The van der Waals surface area contributed by atoms with Gasteiger partial charge in [-0.3, -0.25) is 0 Å². The van der Waals surface area contributed by atoms with Crippen molar-refractivity contribution in [3.8, 4) is 0 Å². The van der Waals surface area contributed by atoms with Gasteiger partial charge >= 0.3 is 0 Å². The van der Waals surface area contributed by atoms with Crippen LogP contribution in [-0.4, -0.2) is 6.04 Å². The maximum atomic E-state index is 6.14. The van der Waals surface area contributed by atoms with Gasteiger partial charge in [0, 0.05) is 12.1 Å². The highest BCUT2D eigenvalue weighted by Crippen LogP contribution is 2.23. The van der Waals surface area contributed by atoms with Gasteiger partial charge in [-0.1, -0.05) is 12.1 Å². The Kier molecular flexibility index (Phi) is 3.89. The average Bonchev–Trinajstić information content (AvgIpc) is 2.13. The SMILES string of the molecule is Cc1ccc(C(N)CC(C)N)c(C)c1C. The standard InChI is InChI=1S/C13H22N2/c1-8-5-6-12(11(4)10(8)3)13(15)7-9(2)14/h5-6,9,13H,7,14-15H2,1-4H3. The van der Waals surface area contributed by atoms with Crippen LogP contribution in [0.3, 0.4) is 0 Å². The van der Waals surface area contributed by atoms with Crippen LogP contribution in [0.1, 0.15) is 41.6 Å². The van der Waals surface area contributed by atoms with E-state index in [0.717, 1.165) is 6.42 Å². The van der Waals surface area contributed by atoms with Crippen LogP contribution in [-0.2, 0) is 0 Å². The van der Waals surface area contributed by atoms with E-state index in [-0.39, 0.29) is 12.1 Å². The molecule has 0 spiro atoms. The van der Waals surface area contributed by atoms with Crippen molar-refractivity contribution >= 4 is 0 Å². The molecule has 0 aliphatic heterocycles. The highest BCUT2D eigenvalue weighted by molar-refractivity contribution is 5.40. The van der Waals surface area contributed by atoms with Crippen molar-refractivity contribution in [1.82, 2.24) is 0 Å². The van der Waals surface area contributed by atoms with E-state index >= 15 is 0 Å². The van der Waals surface area contributed by atoms with Crippen molar-refractivity contribution < 1.29 is 0 Å². The van der Waals surface area contributed by atoms with Crippen LogP contribution in [0.25, 0.3) is 0 Å². The summed E-state index contributed by atoms with van der Waals surface area (Å²) in [4.78, 5) is 0. The van der Waals surface area contributed by atoms with E-state index in [1.54, 1.807) is 0 Å². The lowest BCUT2D eigenvalue weighted by Crippen LogP contribution is -2.23. The third-order valence-electron chi connectivity index (χ3n) is 3.13. The molecular weight excluding hydrogens is 184 g/mol.